The Labute approximate surface area is 332 Å². The molecule has 280 valence electrons. The van der Waals surface area contributed by atoms with Crippen LogP contribution in [0.15, 0.2) is 0 Å². The van der Waals surface area contributed by atoms with E-state index in [0.29, 0.717) is 31.2 Å². The van der Waals surface area contributed by atoms with Gasteiger partial charge in [-0.3, -0.25) is 9.59 Å². The second-order valence-electron chi connectivity index (χ2n) is 12.2. The van der Waals surface area contributed by atoms with Gasteiger partial charge in [-0.05, 0) is 102 Å². The molecular formula is C34H57Cl2I2N7O4. The lowest BCUT2D eigenvalue weighted by molar-refractivity contribution is -0.132. The molecule has 11 nitrogen and oxygen atoms in total. The van der Waals surface area contributed by atoms with E-state index >= 15 is 0 Å². The molecule has 0 unspecified atom stereocenters. The number of fused-ring (bicyclic) bond motifs is 2. The Hall–Kier alpha value is -0.560. The van der Waals surface area contributed by atoms with Crippen LogP contribution in [0.3, 0.4) is 0 Å². The summed E-state index contributed by atoms with van der Waals surface area (Å²) in [5.41, 5.74) is 2.58. The summed E-state index contributed by atoms with van der Waals surface area (Å²) in [7, 11) is 0. The molecule has 0 saturated carbocycles. The summed E-state index contributed by atoms with van der Waals surface area (Å²) in [5.74, 6) is 3.86. The van der Waals surface area contributed by atoms with E-state index in [0.717, 1.165) is 88.5 Å². The van der Waals surface area contributed by atoms with Crippen LogP contribution >= 0.6 is 69.2 Å². The van der Waals surface area contributed by atoms with Crippen molar-refractivity contribution in [3.05, 3.63) is 30.4 Å². The fraction of sp³-hybridized carbons (Fsp3) is 0.765. The highest BCUT2D eigenvalue weighted by molar-refractivity contribution is 14.1. The average Bonchev–Trinajstić information content (AvgIpc) is 3.66. The molecule has 4 aliphatic heterocycles. The lowest BCUT2D eigenvalue weighted by atomic mass is 9.99. The number of hydrogen-bond acceptors (Lipinski definition) is 8. The molecule has 49 heavy (non-hydrogen) atoms. The number of halogens is 4. The highest BCUT2D eigenvalue weighted by Crippen LogP contribution is 2.31. The minimum absolute atomic E-state index is 0. The van der Waals surface area contributed by atoms with Crippen molar-refractivity contribution in [1.29, 1.82) is 0 Å². The van der Waals surface area contributed by atoms with E-state index in [-0.39, 0.29) is 23.6 Å². The van der Waals surface area contributed by atoms with Gasteiger partial charge in [0.25, 0.3) is 0 Å². The molecule has 1 N–H and O–H groups in total. The van der Waals surface area contributed by atoms with E-state index in [9.17, 15) is 9.59 Å². The van der Waals surface area contributed by atoms with E-state index in [1.165, 1.54) is 46.4 Å². The molecule has 4 aliphatic rings. The lowest BCUT2D eigenvalue weighted by Gasteiger charge is -2.30. The fourth-order valence-electron chi connectivity index (χ4n) is 6.29. The zero-order valence-electron chi connectivity index (χ0n) is 29.9. The summed E-state index contributed by atoms with van der Waals surface area (Å²) in [6, 6.07) is 0. The minimum atomic E-state index is -0.273. The van der Waals surface area contributed by atoms with Gasteiger partial charge in [0, 0.05) is 83.8 Å². The number of carbonyl (C=O) groups is 2. The van der Waals surface area contributed by atoms with Gasteiger partial charge in [0.15, 0.2) is 0 Å². The number of amides is 1. The zero-order valence-corrected chi connectivity index (χ0v) is 35.8. The topological polar surface area (TPSA) is 107 Å². The Morgan fingerprint density at radius 1 is 0.796 bits per heavy atom. The highest BCUT2D eigenvalue weighted by atomic mass is 127. The standard InChI is InChI=1S/C14H20IN3O2.C11H16IN3O.C6H15N.C3H5ClO.ClH/c1-2-12(19)17-5-6-18-11(9-17)13(15)16-14(18)10-3-7-20-8-4-10;12-10-9-7-13-3-4-15(9)11(14-10)8-1-5-16-6-2-8;1-4-7(5-2)6-3;1-2-3(4)5;/h10H,2-9H2,1H3;8,13H,1-7H2;4-6H2,1-3H3;2H2,1H3;1H. The van der Waals surface area contributed by atoms with Crippen LogP contribution in [-0.2, 0) is 45.2 Å². The Balaban J connectivity index is 0.000000256. The van der Waals surface area contributed by atoms with Crippen LogP contribution in [0, 0.1) is 7.40 Å². The van der Waals surface area contributed by atoms with Crippen LogP contribution in [0.1, 0.15) is 108 Å². The quantitative estimate of drug-likeness (QED) is 0.246. The van der Waals surface area contributed by atoms with Crippen LogP contribution in [0.4, 0.5) is 0 Å². The maximum atomic E-state index is 11.9. The van der Waals surface area contributed by atoms with Crippen molar-refractivity contribution in [3.63, 3.8) is 0 Å². The number of aromatic nitrogens is 4. The van der Waals surface area contributed by atoms with E-state index in [4.69, 9.17) is 31.0 Å². The Morgan fingerprint density at radius 2 is 1.27 bits per heavy atom. The fourth-order valence-corrected chi connectivity index (χ4v) is 7.73. The van der Waals surface area contributed by atoms with Crippen molar-refractivity contribution >= 4 is 80.3 Å². The largest absolute Gasteiger partial charge is 0.381 e. The molecular weight excluding hydrogens is 895 g/mol. The van der Waals surface area contributed by atoms with Gasteiger partial charge in [0.1, 0.15) is 19.1 Å². The first kappa shape index (κ1) is 44.6. The molecule has 15 heteroatoms. The van der Waals surface area contributed by atoms with Crippen molar-refractivity contribution in [2.75, 3.05) is 59.2 Å². The van der Waals surface area contributed by atoms with Crippen LogP contribution in [0.5, 0.6) is 0 Å². The van der Waals surface area contributed by atoms with Gasteiger partial charge in [-0.25, -0.2) is 9.97 Å². The van der Waals surface area contributed by atoms with Gasteiger partial charge in [-0.2, -0.15) is 0 Å². The summed E-state index contributed by atoms with van der Waals surface area (Å²) >= 11 is 9.48. The second kappa shape index (κ2) is 23.9. The van der Waals surface area contributed by atoms with Crippen LogP contribution in [0.2, 0.25) is 0 Å². The van der Waals surface area contributed by atoms with Crippen molar-refractivity contribution in [2.45, 2.75) is 111 Å². The maximum Gasteiger partial charge on any atom is 0.222 e. The van der Waals surface area contributed by atoms with Gasteiger partial charge in [-0.15, -0.1) is 12.4 Å². The number of nitrogens with one attached hydrogen (secondary N) is 1. The van der Waals surface area contributed by atoms with Crippen LogP contribution in [-0.4, -0.2) is 99.2 Å². The second-order valence-corrected chi connectivity index (χ2v) is 14.6. The zero-order chi connectivity index (χ0) is 35.1. The summed E-state index contributed by atoms with van der Waals surface area (Å²) in [5, 5.41) is 3.13. The summed E-state index contributed by atoms with van der Waals surface area (Å²) in [4.78, 5) is 35.3. The van der Waals surface area contributed by atoms with Crippen molar-refractivity contribution in [3.8, 4) is 0 Å². The van der Waals surface area contributed by atoms with E-state index in [1.54, 1.807) is 6.92 Å². The molecule has 6 heterocycles. The Kier molecular flexibility index (Phi) is 21.7. The van der Waals surface area contributed by atoms with Gasteiger partial charge in [0.05, 0.1) is 17.9 Å². The van der Waals surface area contributed by atoms with Crippen LogP contribution < -0.4 is 5.32 Å². The third kappa shape index (κ3) is 13.4. The minimum Gasteiger partial charge on any atom is -0.381 e. The molecule has 2 aromatic heterocycles. The predicted octanol–water partition coefficient (Wildman–Crippen LogP) is 6.55. The third-order valence-corrected chi connectivity index (χ3v) is 11.3. The van der Waals surface area contributed by atoms with Crippen molar-refractivity contribution in [2.24, 2.45) is 0 Å². The molecule has 1 amide bonds. The predicted molar refractivity (Wildman–Crippen MR) is 215 cm³/mol. The number of imidazole rings is 2. The first-order valence-corrected chi connectivity index (χ1v) is 20.3. The molecule has 2 aromatic rings. The summed E-state index contributed by atoms with van der Waals surface area (Å²) < 4.78 is 17.9. The van der Waals surface area contributed by atoms with Gasteiger partial charge >= 0.3 is 0 Å². The summed E-state index contributed by atoms with van der Waals surface area (Å²) in [6.07, 6.45) is 5.38. The molecule has 0 radical (unpaired) electrons. The Bertz CT molecular complexity index is 1270. The van der Waals surface area contributed by atoms with Gasteiger partial charge < -0.3 is 33.7 Å². The monoisotopic (exact) mass is 951 g/mol. The molecule has 0 spiro atoms. The van der Waals surface area contributed by atoms with E-state index < -0.39 is 0 Å². The van der Waals surface area contributed by atoms with Crippen molar-refractivity contribution in [1.82, 2.24) is 34.2 Å². The normalized spacial score (nSPS) is 17.6. The summed E-state index contributed by atoms with van der Waals surface area (Å²) in [6.45, 7) is 22.7. The third-order valence-electron chi connectivity index (χ3n) is 9.29. The van der Waals surface area contributed by atoms with Crippen molar-refractivity contribution < 1.29 is 19.1 Å². The molecule has 0 bridgehead atoms. The number of nitrogens with zero attached hydrogens (tertiary/aromatic N) is 6. The van der Waals surface area contributed by atoms with E-state index in [2.05, 4.69) is 85.3 Å². The average molecular weight is 953 g/mol. The number of hydrogen-bond donors (Lipinski definition) is 1. The number of rotatable bonds is 7. The number of ether oxygens (including phenoxy) is 2. The van der Waals surface area contributed by atoms with E-state index in [1.807, 2.05) is 11.8 Å². The molecule has 0 aromatic carbocycles. The molecule has 2 fully saturated rings. The molecule has 2 saturated heterocycles. The van der Waals surface area contributed by atoms with Gasteiger partial charge in [0.2, 0.25) is 11.1 Å². The molecule has 0 aliphatic carbocycles. The molecule has 0 atom stereocenters. The first-order valence-electron chi connectivity index (χ1n) is 17.7. The lowest BCUT2D eigenvalue weighted by Crippen LogP contribution is -2.38. The van der Waals surface area contributed by atoms with Crippen LogP contribution in [0.25, 0.3) is 0 Å². The smallest absolute Gasteiger partial charge is 0.222 e. The Morgan fingerprint density at radius 3 is 1.69 bits per heavy atom. The SMILES string of the molecule is CCC(=O)Cl.CCC(=O)N1CCn2c(C3CCOCC3)nc(I)c2C1.CCN(CC)CC.Cl.Ic1nc(C2CCOCC2)n2c1CNCC2. The number of carbonyl (C=O) groups excluding carboxylic acids is 2. The maximum absolute atomic E-state index is 11.9. The molecule has 6 rings (SSSR count). The highest BCUT2D eigenvalue weighted by Gasteiger charge is 2.29. The first-order chi connectivity index (χ1) is 23.2. The van der Waals surface area contributed by atoms with Gasteiger partial charge in [-0.1, -0.05) is 34.6 Å².